The van der Waals surface area contributed by atoms with Gasteiger partial charge in [-0.25, -0.2) is 4.79 Å². The van der Waals surface area contributed by atoms with Gasteiger partial charge in [-0.2, -0.15) is 5.10 Å². The second-order valence-electron chi connectivity index (χ2n) is 3.45. The first-order valence-corrected chi connectivity index (χ1v) is 5.68. The number of phenolic OH excluding ortho intramolecular Hbond substituents is 1. The molecule has 0 aliphatic heterocycles. The average Bonchev–Trinajstić information content (AvgIpc) is 2.79. The molecule has 1 heterocycles. The van der Waals surface area contributed by atoms with E-state index in [2.05, 4.69) is 26.1 Å². The molecule has 0 bridgehead atoms. The molecule has 2 rings (SSSR count). The molecule has 0 atom stereocenters. The van der Waals surface area contributed by atoms with Crippen LogP contribution < -0.4 is 4.74 Å². The largest absolute Gasteiger partial charge is 0.504 e. The summed E-state index contributed by atoms with van der Waals surface area (Å²) in [4.78, 5) is 10.7. The number of H-pyrrole nitrogens is 1. The summed E-state index contributed by atoms with van der Waals surface area (Å²) in [6.07, 6.45) is 0. The topological polar surface area (TPSA) is 95.4 Å². The fraction of sp³-hybridized carbons (Fsp3) is 0.0909. The number of carbonyl (C=O) groups is 1. The lowest BCUT2D eigenvalue weighted by molar-refractivity contribution is 0.0690. The van der Waals surface area contributed by atoms with Gasteiger partial charge in [-0.05, 0) is 34.1 Å². The number of hydrogen-bond donors (Lipinski definition) is 3. The predicted molar refractivity (Wildman–Crippen MR) is 66.9 cm³/mol. The van der Waals surface area contributed by atoms with Gasteiger partial charge in [-0.1, -0.05) is 0 Å². The predicted octanol–water partition coefficient (Wildman–Crippen LogP) is 2.25. The van der Waals surface area contributed by atoms with E-state index in [9.17, 15) is 9.90 Å². The van der Waals surface area contributed by atoms with E-state index in [-0.39, 0.29) is 17.2 Å². The number of halogens is 1. The number of nitrogens with zero attached hydrogens (tertiary/aromatic N) is 1. The van der Waals surface area contributed by atoms with E-state index in [1.54, 1.807) is 12.1 Å². The van der Waals surface area contributed by atoms with Crippen LogP contribution in [0.1, 0.15) is 10.5 Å². The molecule has 0 unspecified atom stereocenters. The Balaban J connectivity index is 2.53. The number of ether oxygens (including phenoxy) is 1. The third-order valence-electron chi connectivity index (χ3n) is 2.37. The summed E-state index contributed by atoms with van der Waals surface area (Å²) < 4.78 is 5.64. The first-order valence-electron chi connectivity index (χ1n) is 4.89. The van der Waals surface area contributed by atoms with Gasteiger partial charge in [0.2, 0.25) is 0 Å². The molecule has 0 spiro atoms. The number of aromatic amines is 1. The monoisotopic (exact) mass is 312 g/mol. The SMILES string of the molecule is COc1c(Br)ccc(-c2cc(C(=O)O)[nH]n2)c1O. The maximum atomic E-state index is 10.7. The molecule has 6 nitrogen and oxygen atoms in total. The Kier molecular flexibility index (Phi) is 3.24. The second kappa shape index (κ2) is 4.69. The number of hydrogen-bond acceptors (Lipinski definition) is 4. The molecule has 0 saturated carbocycles. The van der Waals surface area contributed by atoms with Gasteiger partial charge >= 0.3 is 5.97 Å². The zero-order chi connectivity index (χ0) is 13.3. The number of phenols is 1. The van der Waals surface area contributed by atoms with Gasteiger partial charge in [0.15, 0.2) is 11.5 Å². The van der Waals surface area contributed by atoms with Crippen LogP contribution >= 0.6 is 15.9 Å². The zero-order valence-electron chi connectivity index (χ0n) is 9.27. The fourth-order valence-electron chi connectivity index (χ4n) is 1.52. The van der Waals surface area contributed by atoms with Crippen LogP contribution in [0, 0.1) is 0 Å². The molecule has 0 aliphatic carbocycles. The van der Waals surface area contributed by atoms with Crippen molar-refractivity contribution in [2.75, 3.05) is 7.11 Å². The summed E-state index contributed by atoms with van der Waals surface area (Å²) in [5.74, 6) is -0.944. The van der Waals surface area contributed by atoms with Crippen molar-refractivity contribution in [3.05, 3.63) is 28.4 Å². The first kappa shape index (κ1) is 12.4. The number of rotatable bonds is 3. The summed E-state index contributed by atoms with van der Waals surface area (Å²) in [5, 5.41) is 25.0. The molecule has 3 N–H and O–H groups in total. The number of aromatic nitrogens is 2. The van der Waals surface area contributed by atoms with Crippen molar-refractivity contribution < 1.29 is 19.7 Å². The van der Waals surface area contributed by atoms with E-state index < -0.39 is 5.97 Å². The minimum atomic E-state index is -1.11. The van der Waals surface area contributed by atoms with Crippen molar-refractivity contribution in [2.45, 2.75) is 0 Å². The van der Waals surface area contributed by atoms with E-state index in [0.29, 0.717) is 15.7 Å². The summed E-state index contributed by atoms with van der Waals surface area (Å²) in [6, 6.07) is 4.64. The van der Waals surface area contributed by atoms with Gasteiger partial charge in [0.25, 0.3) is 0 Å². The molecule has 1 aromatic carbocycles. The summed E-state index contributed by atoms with van der Waals surface area (Å²) in [7, 11) is 1.43. The van der Waals surface area contributed by atoms with Crippen molar-refractivity contribution >= 4 is 21.9 Å². The summed E-state index contributed by atoms with van der Waals surface area (Å²) in [6.45, 7) is 0. The molecule has 0 aliphatic rings. The van der Waals surface area contributed by atoms with E-state index in [0.717, 1.165) is 0 Å². The number of benzene rings is 1. The maximum Gasteiger partial charge on any atom is 0.353 e. The average molecular weight is 313 g/mol. The van der Waals surface area contributed by atoms with Crippen LogP contribution in [0.3, 0.4) is 0 Å². The fourth-order valence-corrected chi connectivity index (χ4v) is 2.00. The molecule has 2 aromatic rings. The minimum absolute atomic E-state index is 0.0497. The second-order valence-corrected chi connectivity index (χ2v) is 4.30. The molecule has 18 heavy (non-hydrogen) atoms. The number of carboxylic acids is 1. The molecular formula is C11H9BrN2O4. The third kappa shape index (κ3) is 2.04. The molecule has 0 amide bonds. The standard InChI is InChI=1S/C11H9BrN2O4/c1-18-10-6(12)3-2-5(9(10)15)7-4-8(11(16)17)14-13-7/h2-4,15H,1H3,(H,13,14)(H,16,17). The van der Waals surface area contributed by atoms with Gasteiger partial charge in [0, 0.05) is 5.56 Å². The quantitative estimate of drug-likeness (QED) is 0.808. The number of methoxy groups -OCH3 is 1. The number of aromatic hydroxyl groups is 1. The van der Waals surface area contributed by atoms with Crippen LogP contribution in [-0.4, -0.2) is 33.5 Å². The lowest BCUT2D eigenvalue weighted by atomic mass is 10.1. The van der Waals surface area contributed by atoms with Gasteiger partial charge in [0.05, 0.1) is 17.3 Å². The Morgan fingerprint density at radius 3 is 2.78 bits per heavy atom. The molecule has 0 fully saturated rings. The van der Waals surface area contributed by atoms with Crippen molar-refractivity contribution in [2.24, 2.45) is 0 Å². The first-order chi connectivity index (χ1) is 8.54. The Morgan fingerprint density at radius 2 is 2.22 bits per heavy atom. The number of carboxylic acid groups (broad SMARTS) is 1. The normalized spacial score (nSPS) is 10.3. The molecule has 0 radical (unpaired) electrons. The third-order valence-corrected chi connectivity index (χ3v) is 3.00. The number of nitrogens with one attached hydrogen (secondary N) is 1. The zero-order valence-corrected chi connectivity index (χ0v) is 10.9. The van der Waals surface area contributed by atoms with E-state index in [1.165, 1.54) is 13.2 Å². The van der Waals surface area contributed by atoms with Crippen molar-refractivity contribution in [1.29, 1.82) is 0 Å². The highest BCUT2D eigenvalue weighted by Crippen LogP contribution is 2.41. The molecule has 0 saturated heterocycles. The smallest absolute Gasteiger partial charge is 0.353 e. The molecule has 7 heteroatoms. The Labute approximate surface area is 110 Å². The van der Waals surface area contributed by atoms with Crippen LogP contribution in [0.2, 0.25) is 0 Å². The Hall–Kier alpha value is -2.02. The minimum Gasteiger partial charge on any atom is -0.504 e. The van der Waals surface area contributed by atoms with E-state index in [4.69, 9.17) is 9.84 Å². The van der Waals surface area contributed by atoms with Gasteiger partial charge in [0.1, 0.15) is 5.69 Å². The summed E-state index contributed by atoms with van der Waals surface area (Å²) in [5.41, 5.74) is 0.667. The highest BCUT2D eigenvalue weighted by atomic mass is 79.9. The van der Waals surface area contributed by atoms with Crippen LogP contribution in [0.15, 0.2) is 22.7 Å². The molecule has 1 aromatic heterocycles. The van der Waals surface area contributed by atoms with Gasteiger partial charge < -0.3 is 14.9 Å². The maximum absolute atomic E-state index is 10.7. The number of aromatic carboxylic acids is 1. The van der Waals surface area contributed by atoms with Crippen LogP contribution in [0.25, 0.3) is 11.3 Å². The van der Waals surface area contributed by atoms with E-state index in [1.807, 2.05) is 0 Å². The Morgan fingerprint density at radius 1 is 1.50 bits per heavy atom. The van der Waals surface area contributed by atoms with Crippen LogP contribution in [-0.2, 0) is 0 Å². The highest BCUT2D eigenvalue weighted by Gasteiger charge is 2.16. The van der Waals surface area contributed by atoms with Gasteiger partial charge in [-0.3, -0.25) is 5.10 Å². The van der Waals surface area contributed by atoms with Crippen LogP contribution in [0.4, 0.5) is 0 Å². The van der Waals surface area contributed by atoms with Crippen LogP contribution in [0.5, 0.6) is 11.5 Å². The van der Waals surface area contributed by atoms with Crippen molar-refractivity contribution in [1.82, 2.24) is 10.2 Å². The van der Waals surface area contributed by atoms with Gasteiger partial charge in [-0.15, -0.1) is 0 Å². The Bertz CT molecular complexity index is 609. The summed E-state index contributed by atoms with van der Waals surface area (Å²) >= 11 is 3.24. The lowest BCUT2D eigenvalue weighted by Gasteiger charge is -2.08. The molecular weight excluding hydrogens is 304 g/mol. The lowest BCUT2D eigenvalue weighted by Crippen LogP contribution is -1.95. The van der Waals surface area contributed by atoms with Crippen molar-refractivity contribution in [3.8, 4) is 22.8 Å². The highest BCUT2D eigenvalue weighted by molar-refractivity contribution is 9.10. The van der Waals surface area contributed by atoms with Crippen molar-refractivity contribution in [3.63, 3.8) is 0 Å². The van der Waals surface area contributed by atoms with E-state index >= 15 is 0 Å². The molecule has 94 valence electrons.